The molecule has 0 aliphatic heterocycles. The first-order chi connectivity index (χ1) is 8.95. The predicted molar refractivity (Wildman–Crippen MR) is 80.9 cm³/mol. The summed E-state index contributed by atoms with van der Waals surface area (Å²) in [7, 11) is 0. The van der Waals surface area contributed by atoms with Crippen molar-refractivity contribution in [2.24, 2.45) is 39.9 Å². The van der Waals surface area contributed by atoms with Gasteiger partial charge in [0.15, 0.2) is 0 Å². The van der Waals surface area contributed by atoms with Crippen molar-refractivity contribution in [2.75, 3.05) is 0 Å². The van der Waals surface area contributed by atoms with E-state index in [0.29, 0.717) is 10.8 Å². The van der Waals surface area contributed by atoms with Crippen molar-refractivity contribution in [1.82, 2.24) is 0 Å². The maximum absolute atomic E-state index is 2.72. The summed E-state index contributed by atoms with van der Waals surface area (Å²) in [5.41, 5.74) is 2.14. The molecule has 6 atom stereocenters. The maximum Gasteiger partial charge on any atom is -0.0181 e. The molecule has 4 rings (SSSR count). The van der Waals surface area contributed by atoms with E-state index in [-0.39, 0.29) is 0 Å². The van der Waals surface area contributed by atoms with Gasteiger partial charge in [-0.3, -0.25) is 0 Å². The van der Waals surface area contributed by atoms with Gasteiger partial charge in [0, 0.05) is 0 Å². The van der Waals surface area contributed by atoms with Crippen LogP contribution in [0, 0.1) is 39.9 Å². The molecule has 0 saturated heterocycles. The summed E-state index contributed by atoms with van der Waals surface area (Å²) >= 11 is 0. The Bertz CT molecular complexity index is 397. The molecule has 0 aromatic carbocycles. The van der Waals surface area contributed by atoms with Crippen LogP contribution in [0.3, 0.4) is 0 Å². The Labute approximate surface area is 119 Å². The maximum atomic E-state index is 2.72. The SMILES string of the molecule is CC(C)[C@@H]1CC[C@@]23CC4CCC[C@H]4[C@]2(C)CC[C@@]13C. The molecule has 1 unspecified atom stereocenters. The van der Waals surface area contributed by atoms with Gasteiger partial charge in [0.05, 0.1) is 0 Å². The van der Waals surface area contributed by atoms with Gasteiger partial charge in [0.25, 0.3) is 0 Å². The van der Waals surface area contributed by atoms with E-state index in [1.165, 1.54) is 19.3 Å². The number of hydrogen-bond acceptors (Lipinski definition) is 0. The van der Waals surface area contributed by atoms with Gasteiger partial charge in [-0.15, -0.1) is 0 Å². The van der Waals surface area contributed by atoms with Crippen LogP contribution in [0.4, 0.5) is 0 Å². The van der Waals surface area contributed by atoms with Gasteiger partial charge in [0.1, 0.15) is 0 Å². The topological polar surface area (TPSA) is 0 Å². The summed E-state index contributed by atoms with van der Waals surface area (Å²) in [5.74, 6) is 4.11. The van der Waals surface area contributed by atoms with Crippen molar-refractivity contribution >= 4 is 0 Å². The second kappa shape index (κ2) is 3.60. The zero-order valence-corrected chi connectivity index (χ0v) is 13.5. The first-order valence-corrected chi connectivity index (χ1v) is 8.95. The Hall–Kier alpha value is 0. The van der Waals surface area contributed by atoms with Gasteiger partial charge in [-0.25, -0.2) is 0 Å². The van der Waals surface area contributed by atoms with Crippen molar-refractivity contribution < 1.29 is 0 Å². The largest absolute Gasteiger partial charge is 0.0625 e. The minimum absolute atomic E-state index is 0.681. The van der Waals surface area contributed by atoms with Crippen LogP contribution in [-0.2, 0) is 0 Å². The highest BCUT2D eigenvalue weighted by Gasteiger charge is 2.74. The quantitative estimate of drug-likeness (QED) is 0.570. The molecule has 4 saturated carbocycles. The average Bonchev–Trinajstić information content (AvgIpc) is 3.00. The molecule has 0 heteroatoms. The van der Waals surface area contributed by atoms with Crippen LogP contribution in [-0.4, -0.2) is 0 Å². The molecular weight excluding hydrogens is 228 g/mol. The standard InChI is InChI=1S/C19H32/c1-13(2)15-8-9-19-12-14-6-5-7-16(14)18(19,4)11-10-17(15,19)3/h13-16H,5-12H2,1-4H3/t14?,15-,16+,17-,18-,19-/m0/s1. The molecule has 0 aromatic rings. The van der Waals surface area contributed by atoms with Crippen LogP contribution >= 0.6 is 0 Å². The zero-order chi connectivity index (χ0) is 13.5. The van der Waals surface area contributed by atoms with Gasteiger partial charge < -0.3 is 0 Å². The summed E-state index contributed by atoms with van der Waals surface area (Å²) < 4.78 is 0. The summed E-state index contributed by atoms with van der Waals surface area (Å²) in [6.45, 7) is 10.4. The third kappa shape index (κ3) is 1.20. The van der Waals surface area contributed by atoms with Crippen LogP contribution < -0.4 is 0 Å². The van der Waals surface area contributed by atoms with E-state index in [2.05, 4.69) is 27.7 Å². The van der Waals surface area contributed by atoms with Crippen molar-refractivity contribution in [2.45, 2.75) is 79.1 Å². The second-order valence-corrected chi connectivity index (χ2v) is 9.31. The summed E-state index contributed by atoms with van der Waals surface area (Å²) in [6, 6.07) is 0. The third-order valence-corrected chi connectivity index (χ3v) is 8.94. The monoisotopic (exact) mass is 260 g/mol. The Kier molecular flexibility index (Phi) is 2.41. The number of rotatable bonds is 1. The molecule has 0 nitrogen and oxygen atoms in total. The molecule has 0 amide bonds. The first kappa shape index (κ1) is 12.7. The van der Waals surface area contributed by atoms with Crippen LogP contribution in [0.25, 0.3) is 0 Å². The van der Waals surface area contributed by atoms with Crippen molar-refractivity contribution in [1.29, 1.82) is 0 Å². The smallest absolute Gasteiger partial charge is 0.0181 e. The first-order valence-electron chi connectivity index (χ1n) is 8.95. The van der Waals surface area contributed by atoms with Gasteiger partial charge in [-0.05, 0) is 78.4 Å². The van der Waals surface area contributed by atoms with Crippen LogP contribution in [0.15, 0.2) is 0 Å². The third-order valence-electron chi connectivity index (χ3n) is 8.94. The lowest BCUT2D eigenvalue weighted by molar-refractivity contribution is -0.00280. The van der Waals surface area contributed by atoms with Gasteiger partial charge in [-0.2, -0.15) is 0 Å². The average molecular weight is 260 g/mol. The summed E-state index contributed by atoms with van der Waals surface area (Å²) in [6.07, 6.45) is 12.4. The Morgan fingerprint density at radius 3 is 2.37 bits per heavy atom. The highest BCUT2D eigenvalue weighted by Crippen LogP contribution is 2.82. The second-order valence-electron chi connectivity index (χ2n) is 9.31. The van der Waals surface area contributed by atoms with E-state index in [1.54, 1.807) is 32.1 Å². The van der Waals surface area contributed by atoms with E-state index in [4.69, 9.17) is 0 Å². The molecule has 0 aromatic heterocycles. The molecule has 4 fully saturated rings. The molecule has 4 aliphatic carbocycles. The molecule has 0 heterocycles. The van der Waals surface area contributed by atoms with E-state index in [9.17, 15) is 0 Å². The molecular formula is C19H32. The lowest BCUT2D eigenvalue weighted by atomic mass is 9.56. The minimum Gasteiger partial charge on any atom is -0.0625 e. The van der Waals surface area contributed by atoms with Crippen molar-refractivity contribution in [3.63, 3.8) is 0 Å². The normalized spacial score (nSPS) is 59.5. The van der Waals surface area contributed by atoms with E-state index >= 15 is 0 Å². The highest BCUT2D eigenvalue weighted by atomic mass is 14.8. The van der Waals surface area contributed by atoms with Crippen LogP contribution in [0.5, 0.6) is 0 Å². The molecule has 19 heavy (non-hydrogen) atoms. The molecule has 0 radical (unpaired) electrons. The van der Waals surface area contributed by atoms with Gasteiger partial charge in [-0.1, -0.05) is 40.5 Å². The van der Waals surface area contributed by atoms with E-state index < -0.39 is 0 Å². The fraction of sp³-hybridized carbons (Fsp3) is 1.00. The molecule has 0 N–H and O–H groups in total. The van der Waals surface area contributed by atoms with E-state index in [1.807, 2.05) is 0 Å². The molecule has 4 aliphatic rings. The van der Waals surface area contributed by atoms with Crippen molar-refractivity contribution in [3.05, 3.63) is 0 Å². The van der Waals surface area contributed by atoms with Crippen LogP contribution in [0.2, 0.25) is 0 Å². The fourth-order valence-electron chi connectivity index (χ4n) is 8.23. The molecule has 108 valence electrons. The van der Waals surface area contributed by atoms with Crippen LogP contribution in [0.1, 0.15) is 79.1 Å². The summed E-state index contributed by atoms with van der Waals surface area (Å²) in [5, 5.41) is 0. The lowest BCUT2D eigenvalue weighted by Gasteiger charge is -2.48. The minimum atomic E-state index is 0.681. The highest BCUT2D eigenvalue weighted by molar-refractivity contribution is 5.23. The molecule has 1 spiro atoms. The zero-order valence-electron chi connectivity index (χ0n) is 13.5. The van der Waals surface area contributed by atoms with Gasteiger partial charge >= 0.3 is 0 Å². The van der Waals surface area contributed by atoms with E-state index in [0.717, 1.165) is 29.1 Å². The lowest BCUT2D eigenvalue weighted by Crippen LogP contribution is -2.42. The predicted octanol–water partition coefficient (Wildman–Crippen LogP) is 5.67. The Morgan fingerprint density at radius 2 is 1.63 bits per heavy atom. The van der Waals surface area contributed by atoms with Crippen molar-refractivity contribution in [3.8, 4) is 0 Å². The Morgan fingerprint density at radius 1 is 0.895 bits per heavy atom. The molecule has 0 bridgehead atoms. The Balaban J connectivity index is 1.79. The number of hydrogen-bond donors (Lipinski definition) is 0. The van der Waals surface area contributed by atoms with Gasteiger partial charge in [0.2, 0.25) is 0 Å². The fourth-order valence-corrected chi connectivity index (χ4v) is 8.23. The summed E-state index contributed by atoms with van der Waals surface area (Å²) in [4.78, 5) is 0. The number of fused-ring (bicyclic) bond motifs is 2.